The number of carbonyl (C=O) groups is 1. The van der Waals surface area contributed by atoms with Crippen molar-refractivity contribution in [1.82, 2.24) is 9.79 Å². The molecule has 10 unspecified atom stereocenters. The predicted molar refractivity (Wildman–Crippen MR) is 125 cm³/mol. The van der Waals surface area contributed by atoms with Gasteiger partial charge < -0.3 is 71.6 Å². The van der Waals surface area contributed by atoms with Gasteiger partial charge in [0.15, 0.2) is 18.8 Å². The van der Waals surface area contributed by atoms with Crippen LogP contribution in [0.25, 0.3) is 0 Å². The summed E-state index contributed by atoms with van der Waals surface area (Å²) in [4.78, 5) is 12.3. The summed E-state index contributed by atoms with van der Waals surface area (Å²) in [6.45, 7) is 1.10. The van der Waals surface area contributed by atoms with E-state index in [0.717, 1.165) is 0 Å². The lowest BCUT2D eigenvalue weighted by molar-refractivity contribution is -0.295. The first kappa shape index (κ1) is 32.4. The monoisotopic (exact) mass is 561 g/mol. The van der Waals surface area contributed by atoms with Crippen molar-refractivity contribution in [3.05, 3.63) is 0 Å². The van der Waals surface area contributed by atoms with Crippen LogP contribution < -0.4 is 22.5 Å². The number of aliphatic hydroxyl groups excluding tert-OH is 5. The second kappa shape index (κ2) is 15.1. The lowest BCUT2D eigenvalue weighted by atomic mass is 9.83. The van der Waals surface area contributed by atoms with Gasteiger partial charge in [0.25, 0.3) is 0 Å². The van der Waals surface area contributed by atoms with Crippen LogP contribution in [0.4, 0.5) is 0 Å². The standard InChI is InChI=1S/C19H39N5O12S/c1-2-10-12(27)13(28)18(34-10)36-15-11(26)8(23-17(30)9(25)3-4-20)5-7(21)14(15)35-19(16(22)29)33-6-24(31)37-32/h7-16,18-19,25-29,31-32H,2-6,20-22H2,1H3,(H,23,30)/t7?,8?,9-,10?,11?,12?,13?,14?,15?,16-,18?,19?/m0/s1. The molecule has 14 N–H and O–H groups in total. The number of rotatable bonds is 14. The molecule has 1 aliphatic carbocycles. The molecule has 12 atom stereocenters. The molecule has 2 fully saturated rings. The van der Waals surface area contributed by atoms with Gasteiger partial charge in [-0.15, -0.1) is 0 Å². The zero-order chi connectivity index (χ0) is 27.9. The summed E-state index contributed by atoms with van der Waals surface area (Å²) in [7, 11) is 0. The van der Waals surface area contributed by atoms with E-state index in [4.69, 9.17) is 40.7 Å². The third-order valence-corrected chi connectivity index (χ3v) is 6.41. The van der Waals surface area contributed by atoms with E-state index < -0.39 is 86.3 Å². The third-order valence-electron chi connectivity index (χ3n) is 6.12. The molecular weight excluding hydrogens is 522 g/mol. The van der Waals surface area contributed by atoms with Crippen molar-refractivity contribution in [2.24, 2.45) is 17.2 Å². The Bertz CT molecular complexity index is 702. The highest BCUT2D eigenvalue weighted by molar-refractivity contribution is 7.91. The highest BCUT2D eigenvalue weighted by Crippen LogP contribution is 2.32. The van der Waals surface area contributed by atoms with Crippen LogP contribution in [0.1, 0.15) is 26.2 Å². The minimum Gasteiger partial charge on any atom is -0.388 e. The average Bonchev–Trinajstić information content (AvgIpc) is 3.13. The molecule has 2 aliphatic rings. The van der Waals surface area contributed by atoms with Crippen molar-refractivity contribution < 1.29 is 59.0 Å². The van der Waals surface area contributed by atoms with E-state index in [2.05, 4.69) is 5.32 Å². The van der Waals surface area contributed by atoms with Gasteiger partial charge in [0.2, 0.25) is 5.91 Å². The van der Waals surface area contributed by atoms with Gasteiger partial charge in [-0.2, -0.15) is 0 Å². The first-order chi connectivity index (χ1) is 17.4. The quantitative estimate of drug-likeness (QED) is 0.0411. The molecule has 37 heavy (non-hydrogen) atoms. The van der Waals surface area contributed by atoms with Gasteiger partial charge in [0.1, 0.15) is 55.6 Å². The van der Waals surface area contributed by atoms with Gasteiger partial charge in [-0.3, -0.25) is 10.0 Å². The van der Waals surface area contributed by atoms with Crippen molar-refractivity contribution in [2.75, 3.05) is 13.3 Å². The fourth-order valence-electron chi connectivity index (χ4n) is 4.14. The molecule has 0 aromatic heterocycles. The molecule has 1 heterocycles. The molecule has 1 saturated carbocycles. The molecule has 218 valence electrons. The average molecular weight is 562 g/mol. The van der Waals surface area contributed by atoms with E-state index in [1.807, 2.05) is 0 Å². The number of hydrogen-bond donors (Lipinski definition) is 11. The molecular formula is C19H39N5O12S. The normalized spacial score (nSPS) is 36.9. The predicted octanol–water partition coefficient (Wildman–Crippen LogP) is -4.71. The Morgan fingerprint density at radius 2 is 1.89 bits per heavy atom. The van der Waals surface area contributed by atoms with Crippen molar-refractivity contribution in [1.29, 1.82) is 0 Å². The maximum atomic E-state index is 12.3. The Hall–Kier alpha value is -0.780. The van der Waals surface area contributed by atoms with Gasteiger partial charge in [0, 0.05) is 6.04 Å². The van der Waals surface area contributed by atoms with Crippen LogP contribution in [0, 0.1) is 0 Å². The summed E-state index contributed by atoms with van der Waals surface area (Å²) >= 11 is -0.0783. The molecule has 1 aliphatic heterocycles. The van der Waals surface area contributed by atoms with E-state index in [1.165, 1.54) is 0 Å². The maximum absolute atomic E-state index is 12.3. The Labute approximate surface area is 217 Å². The molecule has 0 spiro atoms. The van der Waals surface area contributed by atoms with Gasteiger partial charge >= 0.3 is 0 Å². The lowest BCUT2D eigenvalue weighted by Crippen LogP contribution is -2.66. The second-order valence-corrected chi connectivity index (χ2v) is 9.41. The molecule has 0 aromatic carbocycles. The summed E-state index contributed by atoms with van der Waals surface area (Å²) in [5.41, 5.74) is 17.1. The minimum absolute atomic E-state index is 0.0217. The first-order valence-electron chi connectivity index (χ1n) is 11.7. The minimum atomic E-state index is -1.77. The number of aliphatic hydroxyl groups is 5. The van der Waals surface area contributed by atoms with Crippen LogP contribution in [0.15, 0.2) is 0 Å². The number of nitrogens with zero attached hydrogens (tertiary/aromatic N) is 1. The molecule has 1 saturated heterocycles. The molecule has 0 aromatic rings. The summed E-state index contributed by atoms with van der Waals surface area (Å²) < 4.78 is 31.3. The smallest absolute Gasteiger partial charge is 0.249 e. The molecule has 1 amide bonds. The van der Waals surface area contributed by atoms with Crippen LogP contribution in [-0.2, 0) is 23.7 Å². The topological polar surface area (TPSA) is 289 Å². The van der Waals surface area contributed by atoms with Gasteiger partial charge in [-0.05, 0) is 25.8 Å². The Balaban J connectivity index is 2.26. The largest absolute Gasteiger partial charge is 0.388 e. The third kappa shape index (κ3) is 8.60. The van der Waals surface area contributed by atoms with Crippen molar-refractivity contribution in [3.63, 3.8) is 0 Å². The second-order valence-electron chi connectivity index (χ2n) is 8.82. The number of hydrogen-bond acceptors (Lipinski definition) is 17. The highest BCUT2D eigenvalue weighted by atomic mass is 32.2. The van der Waals surface area contributed by atoms with E-state index in [1.54, 1.807) is 6.92 Å². The number of amides is 1. The van der Waals surface area contributed by atoms with E-state index >= 15 is 0 Å². The molecule has 18 heteroatoms. The van der Waals surface area contributed by atoms with Crippen LogP contribution in [-0.4, -0.2) is 133 Å². The Kier molecular flexibility index (Phi) is 13.3. The fourth-order valence-corrected chi connectivity index (χ4v) is 4.24. The van der Waals surface area contributed by atoms with Crippen LogP contribution in [0.3, 0.4) is 0 Å². The zero-order valence-electron chi connectivity index (χ0n) is 20.2. The Morgan fingerprint density at radius 1 is 1.22 bits per heavy atom. The zero-order valence-corrected chi connectivity index (χ0v) is 21.0. The van der Waals surface area contributed by atoms with E-state index in [0.29, 0.717) is 6.42 Å². The Morgan fingerprint density at radius 3 is 2.43 bits per heavy atom. The van der Waals surface area contributed by atoms with Crippen LogP contribution in [0.5, 0.6) is 0 Å². The van der Waals surface area contributed by atoms with Crippen molar-refractivity contribution >= 4 is 18.1 Å². The summed E-state index contributed by atoms with van der Waals surface area (Å²) in [5, 5.41) is 63.4. The summed E-state index contributed by atoms with van der Waals surface area (Å²) in [6, 6.07) is -2.05. The maximum Gasteiger partial charge on any atom is 0.249 e. The number of hydroxylamine groups is 1. The molecule has 0 radical (unpaired) electrons. The van der Waals surface area contributed by atoms with Gasteiger partial charge in [-0.1, -0.05) is 11.4 Å². The van der Waals surface area contributed by atoms with Crippen molar-refractivity contribution in [2.45, 2.75) is 99.8 Å². The van der Waals surface area contributed by atoms with Crippen LogP contribution in [0.2, 0.25) is 0 Å². The van der Waals surface area contributed by atoms with Crippen molar-refractivity contribution in [3.8, 4) is 0 Å². The van der Waals surface area contributed by atoms with Gasteiger partial charge in [0.05, 0.1) is 12.1 Å². The summed E-state index contributed by atoms with van der Waals surface area (Å²) in [5.74, 6) is -0.804. The molecule has 0 bridgehead atoms. The van der Waals surface area contributed by atoms with E-state index in [-0.39, 0.29) is 36.1 Å². The number of ether oxygens (including phenoxy) is 4. The summed E-state index contributed by atoms with van der Waals surface area (Å²) in [6.07, 6.45) is -13.8. The van der Waals surface area contributed by atoms with Crippen LogP contribution >= 0.6 is 12.2 Å². The van der Waals surface area contributed by atoms with E-state index in [9.17, 15) is 35.5 Å². The number of nitrogens with one attached hydrogen (secondary N) is 1. The fraction of sp³-hybridized carbons (Fsp3) is 0.947. The lowest BCUT2D eigenvalue weighted by Gasteiger charge is -2.45. The SMILES string of the molecule is CCC1OC(OC2C(O)C(NC(=O)[C@@H](O)CCN)CC(N)C2OC(OCN(O)SO)[C@@H](N)O)C(O)C1O. The number of nitrogens with two attached hydrogens (primary N) is 3. The first-order valence-corrected chi connectivity index (χ1v) is 12.5. The molecule has 2 rings (SSSR count). The van der Waals surface area contributed by atoms with Gasteiger partial charge in [-0.25, -0.2) is 0 Å². The molecule has 17 nitrogen and oxygen atoms in total. The number of carbonyl (C=O) groups excluding carboxylic acids is 1. The highest BCUT2D eigenvalue weighted by Gasteiger charge is 2.51.